The molecule has 1 amide bonds. The molecule has 5 nitrogen and oxygen atoms in total. The molecule has 0 bridgehead atoms. The largest absolute Gasteiger partial charge is 0.379 e. The summed E-state index contributed by atoms with van der Waals surface area (Å²) in [6, 6.07) is 5.92. The van der Waals surface area contributed by atoms with Crippen LogP contribution in [0.4, 0.5) is 5.69 Å². The number of nitrogens with two attached hydrogens (primary N) is 1. The van der Waals surface area contributed by atoms with Crippen LogP contribution in [0.25, 0.3) is 0 Å². The van der Waals surface area contributed by atoms with Crippen molar-refractivity contribution >= 4 is 24.0 Å². The van der Waals surface area contributed by atoms with Crippen LogP contribution in [0.5, 0.6) is 0 Å². The quantitative estimate of drug-likeness (QED) is 0.668. The van der Waals surface area contributed by atoms with Crippen molar-refractivity contribution in [3.05, 3.63) is 29.3 Å². The number of nitrogens with one attached hydrogen (secondary N) is 1. The highest BCUT2D eigenvalue weighted by Gasteiger charge is 2.37. The normalized spacial score (nSPS) is 22.5. The second kappa shape index (κ2) is 10.9. The maximum absolute atomic E-state index is 12.7. The smallest absolute Gasteiger partial charge is 0.229 e. The maximum Gasteiger partial charge on any atom is 0.229 e. The van der Waals surface area contributed by atoms with E-state index in [0.717, 1.165) is 42.5 Å². The highest BCUT2D eigenvalue weighted by atomic mass is 35.5. The van der Waals surface area contributed by atoms with Crippen LogP contribution in [0.15, 0.2) is 18.2 Å². The molecule has 6 heteroatoms. The predicted molar refractivity (Wildman–Crippen MR) is 108 cm³/mol. The maximum atomic E-state index is 12.7. The number of carbonyl (C=O) groups excluding carboxylic acids is 1. The highest BCUT2D eigenvalue weighted by Crippen LogP contribution is 2.33. The minimum atomic E-state index is -0.420. The summed E-state index contributed by atoms with van der Waals surface area (Å²) in [7, 11) is 0. The molecule has 1 aliphatic rings. The first-order valence-corrected chi connectivity index (χ1v) is 9.29. The molecule has 1 aliphatic carbocycles. The Morgan fingerprint density at radius 2 is 2.04 bits per heavy atom. The number of benzene rings is 1. The Kier molecular flexibility index (Phi) is 9.58. The number of anilines is 1. The minimum Gasteiger partial charge on any atom is -0.379 e. The van der Waals surface area contributed by atoms with Crippen LogP contribution in [-0.4, -0.2) is 31.3 Å². The highest BCUT2D eigenvalue weighted by molar-refractivity contribution is 5.94. The van der Waals surface area contributed by atoms with E-state index in [4.69, 9.17) is 15.2 Å². The number of hydrogen-bond acceptors (Lipinski definition) is 4. The van der Waals surface area contributed by atoms with Gasteiger partial charge < -0.3 is 20.5 Å². The van der Waals surface area contributed by atoms with Crippen molar-refractivity contribution in [2.75, 3.05) is 25.1 Å². The van der Waals surface area contributed by atoms with E-state index in [0.29, 0.717) is 26.4 Å². The fourth-order valence-corrected chi connectivity index (χ4v) is 3.43. The molecule has 1 saturated carbocycles. The average Bonchev–Trinajstić information content (AvgIpc) is 2.57. The summed E-state index contributed by atoms with van der Waals surface area (Å²) in [5.41, 5.74) is 8.90. The van der Waals surface area contributed by atoms with Crippen LogP contribution in [0, 0.1) is 12.8 Å². The van der Waals surface area contributed by atoms with Crippen LogP contribution in [0.3, 0.4) is 0 Å². The van der Waals surface area contributed by atoms with Gasteiger partial charge in [0.2, 0.25) is 5.91 Å². The molecule has 2 rings (SSSR count). The first-order valence-electron chi connectivity index (χ1n) is 9.29. The first-order chi connectivity index (χ1) is 12.0. The van der Waals surface area contributed by atoms with Crippen LogP contribution in [-0.2, 0) is 20.9 Å². The third kappa shape index (κ3) is 6.23. The summed E-state index contributed by atoms with van der Waals surface area (Å²) < 4.78 is 10.9. The Labute approximate surface area is 163 Å². The molecular weight excluding hydrogens is 352 g/mol. The molecule has 0 heterocycles. The standard InChI is InChI=1S/C20H32N2O3.ClH/c1-4-24-12-13-25-14-16-8-7-10-18(15(16)2)22-19(23)17-9-5-6-11-20(17,3)21;/h7-8,10,17H,4-6,9,11-14,21H2,1-3H3,(H,22,23);1H. The SMILES string of the molecule is CCOCCOCc1cccc(NC(=O)C2CCCCC2(C)N)c1C.Cl. The number of rotatable bonds is 8. The van der Waals surface area contributed by atoms with Crippen molar-refractivity contribution in [2.24, 2.45) is 11.7 Å². The molecule has 0 saturated heterocycles. The first kappa shape index (κ1) is 22.9. The number of hydrogen-bond donors (Lipinski definition) is 2. The molecule has 2 unspecified atom stereocenters. The van der Waals surface area contributed by atoms with Gasteiger partial charge in [-0.05, 0) is 50.8 Å². The summed E-state index contributed by atoms with van der Waals surface area (Å²) >= 11 is 0. The van der Waals surface area contributed by atoms with Gasteiger partial charge in [-0.15, -0.1) is 12.4 Å². The van der Waals surface area contributed by atoms with E-state index in [9.17, 15) is 4.79 Å². The molecule has 3 N–H and O–H groups in total. The number of halogens is 1. The van der Waals surface area contributed by atoms with Gasteiger partial charge in [-0.25, -0.2) is 0 Å². The third-order valence-electron chi connectivity index (χ3n) is 5.11. The Hall–Kier alpha value is -1.14. The molecular formula is C20H33ClN2O3. The Morgan fingerprint density at radius 3 is 2.73 bits per heavy atom. The van der Waals surface area contributed by atoms with E-state index in [1.165, 1.54) is 0 Å². The summed E-state index contributed by atoms with van der Waals surface area (Å²) in [5.74, 6) is -0.103. The average molecular weight is 385 g/mol. The van der Waals surface area contributed by atoms with E-state index < -0.39 is 5.54 Å². The topological polar surface area (TPSA) is 73.6 Å². The van der Waals surface area contributed by atoms with Gasteiger partial charge in [0.15, 0.2) is 0 Å². The molecule has 2 atom stereocenters. The zero-order valence-corrected chi connectivity index (χ0v) is 17.0. The van der Waals surface area contributed by atoms with E-state index in [1.54, 1.807) is 0 Å². The summed E-state index contributed by atoms with van der Waals surface area (Å²) in [5, 5.41) is 3.09. The van der Waals surface area contributed by atoms with Gasteiger partial charge in [-0.1, -0.05) is 25.0 Å². The second-order valence-corrected chi connectivity index (χ2v) is 7.13. The van der Waals surface area contributed by atoms with Crippen molar-refractivity contribution in [1.29, 1.82) is 0 Å². The lowest BCUT2D eigenvalue weighted by Crippen LogP contribution is -2.51. The zero-order chi connectivity index (χ0) is 18.3. The van der Waals surface area contributed by atoms with Crippen molar-refractivity contribution in [3.63, 3.8) is 0 Å². The molecule has 0 radical (unpaired) electrons. The summed E-state index contributed by atoms with van der Waals surface area (Å²) in [6.07, 6.45) is 3.93. The van der Waals surface area contributed by atoms with Gasteiger partial charge in [-0.2, -0.15) is 0 Å². The third-order valence-corrected chi connectivity index (χ3v) is 5.11. The van der Waals surface area contributed by atoms with Crippen LogP contribution < -0.4 is 11.1 Å². The number of amides is 1. The molecule has 1 fully saturated rings. The fourth-order valence-electron chi connectivity index (χ4n) is 3.43. The van der Waals surface area contributed by atoms with Gasteiger partial charge in [0.25, 0.3) is 0 Å². The predicted octanol–water partition coefficient (Wildman–Crippen LogP) is 3.82. The monoisotopic (exact) mass is 384 g/mol. The van der Waals surface area contributed by atoms with Crippen molar-refractivity contribution in [2.45, 2.75) is 58.6 Å². The summed E-state index contributed by atoms with van der Waals surface area (Å²) in [6.45, 7) is 8.35. The van der Waals surface area contributed by atoms with Crippen LogP contribution >= 0.6 is 12.4 Å². The Bertz CT molecular complexity index is 578. The van der Waals surface area contributed by atoms with Crippen LogP contribution in [0.2, 0.25) is 0 Å². The fraction of sp³-hybridized carbons (Fsp3) is 0.650. The summed E-state index contributed by atoms with van der Waals surface area (Å²) in [4.78, 5) is 12.7. The lowest BCUT2D eigenvalue weighted by Gasteiger charge is -2.37. The van der Waals surface area contributed by atoms with E-state index in [2.05, 4.69) is 5.32 Å². The lowest BCUT2D eigenvalue weighted by molar-refractivity contribution is -0.122. The molecule has 0 aliphatic heterocycles. The Morgan fingerprint density at radius 1 is 1.31 bits per heavy atom. The van der Waals surface area contributed by atoms with Crippen molar-refractivity contribution in [3.8, 4) is 0 Å². The van der Waals surface area contributed by atoms with E-state index >= 15 is 0 Å². The van der Waals surface area contributed by atoms with E-state index in [1.807, 2.05) is 39.0 Å². The van der Waals surface area contributed by atoms with Gasteiger partial charge in [-0.3, -0.25) is 4.79 Å². The molecule has 0 aromatic heterocycles. The molecule has 1 aromatic carbocycles. The van der Waals surface area contributed by atoms with Gasteiger partial charge in [0.05, 0.1) is 25.7 Å². The number of ether oxygens (including phenoxy) is 2. The van der Waals surface area contributed by atoms with Crippen molar-refractivity contribution < 1.29 is 14.3 Å². The molecule has 26 heavy (non-hydrogen) atoms. The molecule has 1 aromatic rings. The van der Waals surface area contributed by atoms with Gasteiger partial charge >= 0.3 is 0 Å². The molecule has 148 valence electrons. The Balaban J connectivity index is 0.00000338. The minimum absolute atomic E-state index is 0. The number of carbonyl (C=O) groups is 1. The molecule has 0 spiro atoms. The second-order valence-electron chi connectivity index (χ2n) is 7.13. The zero-order valence-electron chi connectivity index (χ0n) is 16.2. The lowest BCUT2D eigenvalue weighted by atomic mass is 9.74. The van der Waals surface area contributed by atoms with Crippen LogP contribution in [0.1, 0.15) is 50.7 Å². The van der Waals surface area contributed by atoms with Gasteiger partial charge in [0, 0.05) is 17.8 Å². The van der Waals surface area contributed by atoms with E-state index in [-0.39, 0.29) is 24.2 Å². The van der Waals surface area contributed by atoms with Crippen molar-refractivity contribution in [1.82, 2.24) is 0 Å². The van der Waals surface area contributed by atoms with Gasteiger partial charge in [0.1, 0.15) is 0 Å².